The van der Waals surface area contributed by atoms with Gasteiger partial charge in [0.15, 0.2) is 6.61 Å². The van der Waals surface area contributed by atoms with Crippen molar-refractivity contribution >= 4 is 44.8 Å². The first-order valence-electron chi connectivity index (χ1n) is 9.35. The zero-order valence-electron chi connectivity index (χ0n) is 15.7. The van der Waals surface area contributed by atoms with Crippen molar-refractivity contribution in [1.29, 1.82) is 0 Å². The Bertz CT molecular complexity index is 957. The molecule has 1 N–H and O–H groups in total. The van der Waals surface area contributed by atoms with Crippen molar-refractivity contribution in [2.45, 2.75) is 30.6 Å². The van der Waals surface area contributed by atoms with Crippen LogP contribution < -0.4 is 10.1 Å². The molecule has 9 heteroatoms. The van der Waals surface area contributed by atoms with Crippen LogP contribution >= 0.6 is 23.2 Å². The fourth-order valence-electron chi connectivity index (χ4n) is 3.07. The van der Waals surface area contributed by atoms with Crippen LogP contribution in [0.5, 0.6) is 5.75 Å². The summed E-state index contributed by atoms with van der Waals surface area (Å²) in [5, 5.41) is 3.22. The number of rotatable bonds is 6. The van der Waals surface area contributed by atoms with Gasteiger partial charge in [-0.25, -0.2) is 8.42 Å². The second-order valence-corrected chi connectivity index (χ2v) is 9.45. The quantitative estimate of drug-likeness (QED) is 0.689. The van der Waals surface area contributed by atoms with E-state index in [-0.39, 0.29) is 16.5 Å². The molecule has 0 atom stereocenters. The third-order valence-corrected chi connectivity index (χ3v) is 7.35. The molecule has 2 aromatic carbocycles. The number of benzene rings is 2. The molecule has 1 fully saturated rings. The largest absolute Gasteiger partial charge is 0.484 e. The Hall–Kier alpha value is -1.80. The second kappa shape index (κ2) is 9.80. The van der Waals surface area contributed by atoms with Gasteiger partial charge in [0, 0.05) is 13.1 Å². The molecule has 0 unspecified atom stereocenters. The average molecular weight is 457 g/mol. The molecule has 0 spiro atoms. The van der Waals surface area contributed by atoms with Gasteiger partial charge in [-0.05, 0) is 49.2 Å². The van der Waals surface area contributed by atoms with Crippen molar-refractivity contribution < 1.29 is 17.9 Å². The standard InChI is InChI=1S/C20H22Cl2N2O4S/c21-17-6-5-7-18(20(17)22)23-19(25)14-28-15-8-10-16(11-9-15)29(26,27)24-12-3-1-2-4-13-24/h5-11H,1-4,12-14H2,(H,23,25). The lowest BCUT2D eigenvalue weighted by atomic mass is 10.2. The highest BCUT2D eigenvalue weighted by molar-refractivity contribution is 7.89. The molecular weight excluding hydrogens is 435 g/mol. The maximum Gasteiger partial charge on any atom is 0.262 e. The van der Waals surface area contributed by atoms with Gasteiger partial charge in [-0.3, -0.25) is 4.79 Å². The number of hydrogen-bond acceptors (Lipinski definition) is 4. The van der Waals surface area contributed by atoms with Gasteiger partial charge in [0.05, 0.1) is 20.6 Å². The summed E-state index contributed by atoms with van der Waals surface area (Å²) < 4.78 is 32.5. The van der Waals surface area contributed by atoms with Gasteiger partial charge in [0.1, 0.15) is 5.75 Å². The minimum absolute atomic E-state index is 0.224. The first-order valence-corrected chi connectivity index (χ1v) is 11.5. The summed E-state index contributed by atoms with van der Waals surface area (Å²) in [6.07, 6.45) is 3.88. The lowest BCUT2D eigenvalue weighted by Crippen LogP contribution is -2.31. The Morgan fingerprint density at radius 3 is 2.31 bits per heavy atom. The Morgan fingerprint density at radius 2 is 1.66 bits per heavy atom. The van der Waals surface area contributed by atoms with E-state index in [1.807, 2.05) is 0 Å². The van der Waals surface area contributed by atoms with Gasteiger partial charge >= 0.3 is 0 Å². The van der Waals surface area contributed by atoms with Gasteiger partial charge in [-0.2, -0.15) is 4.31 Å². The molecule has 3 rings (SSSR count). The number of halogens is 2. The van der Waals surface area contributed by atoms with Gasteiger partial charge in [-0.15, -0.1) is 0 Å². The van der Waals surface area contributed by atoms with Crippen LogP contribution in [-0.2, 0) is 14.8 Å². The van der Waals surface area contributed by atoms with Crippen molar-refractivity contribution in [3.05, 3.63) is 52.5 Å². The molecule has 1 saturated heterocycles. The molecule has 0 aliphatic carbocycles. The van der Waals surface area contributed by atoms with E-state index in [0.717, 1.165) is 25.7 Å². The Balaban J connectivity index is 1.59. The zero-order chi connectivity index (χ0) is 20.9. The smallest absolute Gasteiger partial charge is 0.262 e. The average Bonchev–Trinajstić information content (AvgIpc) is 3.00. The van der Waals surface area contributed by atoms with Crippen molar-refractivity contribution in [2.75, 3.05) is 25.0 Å². The molecular formula is C20H22Cl2N2O4S. The molecule has 1 heterocycles. The number of carbonyl (C=O) groups is 1. The van der Waals surface area contributed by atoms with Crippen LogP contribution in [0.2, 0.25) is 10.0 Å². The number of sulfonamides is 1. The number of ether oxygens (including phenoxy) is 1. The Kier molecular flexibility index (Phi) is 7.40. The van der Waals surface area contributed by atoms with Crippen LogP contribution in [0.3, 0.4) is 0 Å². The van der Waals surface area contributed by atoms with E-state index in [4.69, 9.17) is 27.9 Å². The summed E-state index contributed by atoms with van der Waals surface area (Å²) in [6, 6.07) is 11.0. The summed E-state index contributed by atoms with van der Waals surface area (Å²) in [4.78, 5) is 12.3. The van der Waals surface area contributed by atoms with Gasteiger partial charge in [0.25, 0.3) is 5.91 Å². The lowest BCUT2D eigenvalue weighted by molar-refractivity contribution is -0.118. The number of anilines is 1. The van der Waals surface area contributed by atoms with Crippen molar-refractivity contribution in [2.24, 2.45) is 0 Å². The minimum atomic E-state index is -3.51. The maximum absolute atomic E-state index is 12.8. The predicted molar refractivity (Wildman–Crippen MR) is 114 cm³/mol. The predicted octanol–water partition coefficient (Wildman–Crippen LogP) is 4.58. The summed E-state index contributed by atoms with van der Waals surface area (Å²) in [5.74, 6) is -0.0115. The highest BCUT2D eigenvalue weighted by atomic mass is 35.5. The van der Waals surface area contributed by atoms with E-state index in [9.17, 15) is 13.2 Å². The van der Waals surface area contributed by atoms with Crippen LogP contribution in [-0.4, -0.2) is 38.3 Å². The van der Waals surface area contributed by atoms with Crippen molar-refractivity contribution in [3.8, 4) is 5.75 Å². The van der Waals surface area contributed by atoms with Crippen molar-refractivity contribution in [1.82, 2.24) is 4.31 Å². The van der Waals surface area contributed by atoms with Crippen LogP contribution in [0.1, 0.15) is 25.7 Å². The second-order valence-electron chi connectivity index (χ2n) is 6.73. The molecule has 0 bridgehead atoms. The Morgan fingerprint density at radius 1 is 1.00 bits per heavy atom. The molecule has 0 radical (unpaired) electrons. The number of nitrogens with one attached hydrogen (secondary N) is 1. The third kappa shape index (κ3) is 5.63. The van der Waals surface area contributed by atoms with E-state index < -0.39 is 15.9 Å². The molecule has 1 aliphatic rings. The molecule has 0 aromatic heterocycles. The molecule has 6 nitrogen and oxygen atoms in total. The van der Waals surface area contributed by atoms with Crippen LogP contribution in [0.25, 0.3) is 0 Å². The van der Waals surface area contributed by atoms with E-state index in [2.05, 4.69) is 5.32 Å². The third-order valence-electron chi connectivity index (χ3n) is 4.62. The highest BCUT2D eigenvalue weighted by Crippen LogP contribution is 2.29. The SMILES string of the molecule is O=C(COc1ccc(S(=O)(=O)N2CCCCCC2)cc1)Nc1cccc(Cl)c1Cl. The van der Waals surface area contributed by atoms with E-state index in [1.54, 1.807) is 30.3 Å². The van der Waals surface area contributed by atoms with Gasteiger partial charge in [0.2, 0.25) is 10.0 Å². The van der Waals surface area contributed by atoms with E-state index >= 15 is 0 Å². The van der Waals surface area contributed by atoms with Crippen LogP contribution in [0.15, 0.2) is 47.4 Å². The summed E-state index contributed by atoms with van der Waals surface area (Å²) >= 11 is 12.0. The monoisotopic (exact) mass is 456 g/mol. The summed E-state index contributed by atoms with van der Waals surface area (Å²) in [5.41, 5.74) is 0.395. The first kappa shape index (κ1) is 21.9. The maximum atomic E-state index is 12.8. The first-order chi connectivity index (χ1) is 13.9. The van der Waals surface area contributed by atoms with Crippen LogP contribution in [0, 0.1) is 0 Å². The van der Waals surface area contributed by atoms with Crippen LogP contribution in [0.4, 0.5) is 5.69 Å². The number of hydrogen-bond donors (Lipinski definition) is 1. The molecule has 0 saturated carbocycles. The normalized spacial score (nSPS) is 15.5. The number of carbonyl (C=O) groups excluding carboxylic acids is 1. The summed E-state index contributed by atoms with van der Waals surface area (Å²) in [7, 11) is -3.51. The van der Waals surface area contributed by atoms with E-state index in [1.165, 1.54) is 16.4 Å². The highest BCUT2D eigenvalue weighted by Gasteiger charge is 2.25. The number of nitrogens with zero attached hydrogens (tertiary/aromatic N) is 1. The summed E-state index contributed by atoms with van der Waals surface area (Å²) in [6.45, 7) is 0.848. The van der Waals surface area contributed by atoms with Gasteiger partial charge < -0.3 is 10.1 Å². The fourth-order valence-corrected chi connectivity index (χ4v) is 4.94. The lowest BCUT2D eigenvalue weighted by Gasteiger charge is -2.20. The zero-order valence-corrected chi connectivity index (χ0v) is 18.1. The number of amides is 1. The van der Waals surface area contributed by atoms with Crippen molar-refractivity contribution in [3.63, 3.8) is 0 Å². The molecule has 29 heavy (non-hydrogen) atoms. The topological polar surface area (TPSA) is 75.7 Å². The van der Waals surface area contributed by atoms with E-state index in [0.29, 0.717) is 29.5 Å². The molecule has 156 valence electrons. The van der Waals surface area contributed by atoms with Gasteiger partial charge in [-0.1, -0.05) is 42.1 Å². The molecule has 2 aromatic rings. The Labute approximate surface area is 180 Å². The molecule has 1 aliphatic heterocycles. The minimum Gasteiger partial charge on any atom is -0.484 e. The fraction of sp³-hybridized carbons (Fsp3) is 0.350. The molecule has 1 amide bonds.